The molecule has 2 rings (SSSR count). The molecule has 0 atom stereocenters. The van der Waals surface area contributed by atoms with Crippen LogP contribution < -0.4 is 16.4 Å². The molecule has 0 bridgehead atoms. The number of para-hydroxylation sites is 1. The van der Waals surface area contributed by atoms with E-state index in [1.165, 1.54) is 0 Å². The predicted octanol–water partition coefficient (Wildman–Crippen LogP) is 4.22. The van der Waals surface area contributed by atoms with Crippen LogP contribution >= 0.6 is 23.2 Å². The van der Waals surface area contributed by atoms with Gasteiger partial charge in [-0.05, 0) is 30.3 Å². The Bertz CT molecular complexity index is 596. The molecule has 0 aliphatic carbocycles. The minimum absolute atomic E-state index is 0.376. The van der Waals surface area contributed by atoms with Gasteiger partial charge in [0.15, 0.2) is 0 Å². The number of benzene rings is 2. The third-order valence-electron chi connectivity index (χ3n) is 2.37. The van der Waals surface area contributed by atoms with Gasteiger partial charge in [0.1, 0.15) is 0 Å². The highest BCUT2D eigenvalue weighted by atomic mass is 35.5. The van der Waals surface area contributed by atoms with Crippen LogP contribution in [0.15, 0.2) is 42.5 Å². The summed E-state index contributed by atoms with van der Waals surface area (Å²) in [6, 6.07) is 11.4. The van der Waals surface area contributed by atoms with E-state index in [9.17, 15) is 4.79 Å². The van der Waals surface area contributed by atoms with E-state index in [0.29, 0.717) is 27.1 Å². The zero-order valence-corrected chi connectivity index (χ0v) is 11.3. The summed E-state index contributed by atoms with van der Waals surface area (Å²) in [5, 5.41) is 6.15. The molecular formula is C13H11Cl2N3O. The summed E-state index contributed by atoms with van der Waals surface area (Å²) in [6.07, 6.45) is 0. The van der Waals surface area contributed by atoms with E-state index in [1.54, 1.807) is 42.5 Å². The second kappa shape index (κ2) is 5.82. The molecule has 0 saturated carbocycles. The standard InChI is InChI=1S/C13H11Cl2N3O/c14-8-3-1-4-9(7-8)17-13(19)18-12-10(15)5-2-6-11(12)16/h1-7H,16H2,(H2,17,18,19). The van der Waals surface area contributed by atoms with Crippen molar-refractivity contribution in [3.63, 3.8) is 0 Å². The van der Waals surface area contributed by atoms with Gasteiger partial charge in [0.25, 0.3) is 0 Å². The molecule has 0 fully saturated rings. The lowest BCUT2D eigenvalue weighted by molar-refractivity contribution is 0.262. The van der Waals surface area contributed by atoms with Gasteiger partial charge in [-0.25, -0.2) is 4.79 Å². The van der Waals surface area contributed by atoms with Crippen molar-refractivity contribution in [2.75, 3.05) is 16.4 Å². The smallest absolute Gasteiger partial charge is 0.323 e. The molecule has 2 aromatic rings. The van der Waals surface area contributed by atoms with E-state index in [1.807, 2.05) is 0 Å². The molecule has 0 radical (unpaired) electrons. The Balaban J connectivity index is 2.10. The van der Waals surface area contributed by atoms with Gasteiger partial charge in [-0.15, -0.1) is 0 Å². The van der Waals surface area contributed by atoms with E-state index >= 15 is 0 Å². The summed E-state index contributed by atoms with van der Waals surface area (Å²) < 4.78 is 0. The Morgan fingerprint density at radius 2 is 1.79 bits per heavy atom. The van der Waals surface area contributed by atoms with Crippen LogP contribution in [0.4, 0.5) is 21.9 Å². The number of hydrogen-bond donors (Lipinski definition) is 3. The monoisotopic (exact) mass is 295 g/mol. The SMILES string of the molecule is Nc1cccc(Cl)c1NC(=O)Nc1cccc(Cl)c1. The molecule has 98 valence electrons. The third kappa shape index (κ3) is 3.53. The summed E-state index contributed by atoms with van der Waals surface area (Å²) in [5.74, 6) is 0. The Hall–Kier alpha value is -1.91. The van der Waals surface area contributed by atoms with Crippen molar-refractivity contribution in [2.45, 2.75) is 0 Å². The molecule has 4 N–H and O–H groups in total. The number of nitrogens with two attached hydrogens (primary N) is 1. The molecule has 0 aromatic heterocycles. The molecule has 19 heavy (non-hydrogen) atoms. The maximum atomic E-state index is 11.8. The van der Waals surface area contributed by atoms with Crippen LogP contribution in [-0.4, -0.2) is 6.03 Å². The fraction of sp³-hybridized carbons (Fsp3) is 0. The molecule has 0 unspecified atom stereocenters. The number of nitrogens with one attached hydrogen (secondary N) is 2. The summed E-state index contributed by atoms with van der Waals surface area (Å²) in [4.78, 5) is 11.8. The first-order chi connectivity index (χ1) is 9.06. The number of hydrogen-bond acceptors (Lipinski definition) is 2. The van der Waals surface area contributed by atoms with Crippen LogP contribution in [0, 0.1) is 0 Å². The van der Waals surface area contributed by atoms with E-state index < -0.39 is 6.03 Å². The first-order valence-corrected chi connectivity index (χ1v) is 6.19. The van der Waals surface area contributed by atoms with Crippen LogP contribution in [0.1, 0.15) is 0 Å². The molecule has 0 spiro atoms. The topological polar surface area (TPSA) is 67.1 Å². The Morgan fingerprint density at radius 1 is 1.05 bits per heavy atom. The van der Waals surface area contributed by atoms with Crippen LogP contribution in [0.3, 0.4) is 0 Å². The predicted molar refractivity (Wildman–Crippen MR) is 80.0 cm³/mol. The number of anilines is 3. The highest BCUT2D eigenvalue weighted by molar-refractivity contribution is 6.34. The van der Waals surface area contributed by atoms with Gasteiger partial charge in [-0.1, -0.05) is 35.3 Å². The summed E-state index contributed by atoms with van der Waals surface area (Å²) in [5.41, 5.74) is 7.09. The number of carbonyl (C=O) groups excluding carboxylic acids is 1. The van der Waals surface area contributed by atoms with E-state index in [2.05, 4.69) is 10.6 Å². The lowest BCUT2D eigenvalue weighted by Gasteiger charge is -2.11. The van der Waals surface area contributed by atoms with E-state index in [4.69, 9.17) is 28.9 Å². The van der Waals surface area contributed by atoms with Gasteiger partial charge < -0.3 is 16.4 Å². The average Bonchev–Trinajstić information content (AvgIpc) is 2.34. The Morgan fingerprint density at radius 3 is 2.47 bits per heavy atom. The molecular weight excluding hydrogens is 285 g/mol. The quantitative estimate of drug-likeness (QED) is 0.726. The largest absolute Gasteiger partial charge is 0.397 e. The molecule has 6 heteroatoms. The number of amides is 2. The van der Waals surface area contributed by atoms with Crippen LogP contribution in [0.25, 0.3) is 0 Å². The van der Waals surface area contributed by atoms with Gasteiger partial charge in [-0.2, -0.15) is 0 Å². The van der Waals surface area contributed by atoms with Gasteiger partial charge >= 0.3 is 6.03 Å². The highest BCUT2D eigenvalue weighted by Gasteiger charge is 2.08. The van der Waals surface area contributed by atoms with E-state index in [0.717, 1.165) is 0 Å². The lowest BCUT2D eigenvalue weighted by Crippen LogP contribution is -2.20. The zero-order valence-electron chi connectivity index (χ0n) is 9.78. The first kappa shape index (κ1) is 13.5. The van der Waals surface area contributed by atoms with Gasteiger partial charge in [0.05, 0.1) is 16.4 Å². The number of carbonyl (C=O) groups is 1. The summed E-state index contributed by atoms with van der Waals surface area (Å²) in [7, 11) is 0. The van der Waals surface area contributed by atoms with Crippen molar-refractivity contribution in [1.82, 2.24) is 0 Å². The minimum atomic E-state index is -0.443. The molecule has 4 nitrogen and oxygen atoms in total. The number of urea groups is 1. The molecule has 0 aliphatic rings. The number of nitrogen functional groups attached to an aromatic ring is 1. The lowest BCUT2D eigenvalue weighted by atomic mass is 10.2. The summed E-state index contributed by atoms with van der Waals surface area (Å²) in [6.45, 7) is 0. The number of rotatable bonds is 2. The molecule has 2 aromatic carbocycles. The molecule has 0 aliphatic heterocycles. The van der Waals surface area contributed by atoms with Crippen LogP contribution in [0.2, 0.25) is 10.0 Å². The van der Waals surface area contributed by atoms with Crippen molar-refractivity contribution < 1.29 is 4.79 Å². The van der Waals surface area contributed by atoms with Crippen LogP contribution in [-0.2, 0) is 0 Å². The second-order valence-corrected chi connectivity index (χ2v) is 4.64. The highest BCUT2D eigenvalue weighted by Crippen LogP contribution is 2.27. The van der Waals surface area contributed by atoms with Crippen LogP contribution in [0.5, 0.6) is 0 Å². The first-order valence-electron chi connectivity index (χ1n) is 5.44. The Labute approximate surface area is 120 Å². The van der Waals surface area contributed by atoms with Crippen molar-refractivity contribution in [3.05, 3.63) is 52.5 Å². The maximum Gasteiger partial charge on any atom is 0.323 e. The number of halogens is 2. The van der Waals surface area contributed by atoms with Gasteiger partial charge in [0, 0.05) is 10.7 Å². The maximum absolute atomic E-state index is 11.8. The molecule has 0 saturated heterocycles. The van der Waals surface area contributed by atoms with Gasteiger partial charge in [0.2, 0.25) is 0 Å². The molecule has 2 amide bonds. The minimum Gasteiger partial charge on any atom is -0.397 e. The van der Waals surface area contributed by atoms with Crippen molar-refractivity contribution >= 4 is 46.3 Å². The normalized spacial score (nSPS) is 10.0. The summed E-state index contributed by atoms with van der Waals surface area (Å²) >= 11 is 11.8. The molecule has 0 heterocycles. The fourth-order valence-corrected chi connectivity index (χ4v) is 1.93. The third-order valence-corrected chi connectivity index (χ3v) is 2.92. The second-order valence-electron chi connectivity index (χ2n) is 3.79. The fourth-order valence-electron chi connectivity index (χ4n) is 1.51. The average molecular weight is 296 g/mol. The van der Waals surface area contributed by atoms with Crippen molar-refractivity contribution in [2.24, 2.45) is 0 Å². The van der Waals surface area contributed by atoms with Crippen molar-refractivity contribution in [1.29, 1.82) is 0 Å². The van der Waals surface area contributed by atoms with E-state index in [-0.39, 0.29) is 0 Å². The zero-order chi connectivity index (χ0) is 13.8. The van der Waals surface area contributed by atoms with Gasteiger partial charge in [-0.3, -0.25) is 0 Å². The van der Waals surface area contributed by atoms with Crippen molar-refractivity contribution in [3.8, 4) is 0 Å². The Kier molecular flexibility index (Phi) is 4.14.